The lowest BCUT2D eigenvalue weighted by atomic mass is 9.81. The molecule has 0 aliphatic heterocycles. The van der Waals surface area contributed by atoms with Crippen LogP contribution < -0.4 is 0 Å². The largest absolute Gasteiger partial charge is 0.477 e. The summed E-state index contributed by atoms with van der Waals surface area (Å²) in [5, 5.41) is 23.5. The molecule has 0 radical (unpaired) electrons. The topological polar surface area (TPSA) is 65.5 Å². The Hall–Kier alpha value is -5.70. The molecule has 0 unspecified atom stereocenters. The van der Waals surface area contributed by atoms with Gasteiger partial charge in [0.15, 0.2) is 0 Å². The van der Waals surface area contributed by atoms with Gasteiger partial charge in [-0.1, -0.05) is 74.5 Å². The van der Waals surface area contributed by atoms with Crippen molar-refractivity contribution in [1.29, 1.82) is 5.26 Å². The van der Waals surface area contributed by atoms with Crippen LogP contribution in [0.1, 0.15) is 29.9 Å². The highest BCUT2D eigenvalue weighted by Gasteiger charge is 2.36. The van der Waals surface area contributed by atoms with Gasteiger partial charge >= 0.3 is 5.97 Å². The minimum absolute atomic E-state index is 0.211. The summed E-state index contributed by atoms with van der Waals surface area (Å²) in [6, 6.07) is 41.3. The van der Waals surface area contributed by atoms with E-state index in [4.69, 9.17) is 0 Å². The summed E-state index contributed by atoms with van der Waals surface area (Å²) in [5.41, 5.74) is 11.9. The molecule has 46 heavy (non-hydrogen) atoms. The van der Waals surface area contributed by atoms with Crippen LogP contribution in [0.5, 0.6) is 0 Å². The lowest BCUT2D eigenvalue weighted by Crippen LogP contribution is -2.15. The number of nitriles is 1. The first-order chi connectivity index (χ1) is 22.3. The van der Waals surface area contributed by atoms with Gasteiger partial charge < -0.3 is 9.51 Å². The standard InChI is InChI=1S/C41H26N2O2S/c1-41(2)34-20-23(25-18-32-30-7-3-5-9-36(30)43-37-10-6-4-8-31(37)33(19-25)39(32)43)11-14-28(34)29-15-12-24(21-35(29)41)38-16-13-27(46-38)17-26(22-42)40(44)45/h3-21H,1-2H3,(H,44,45)/b26-17+. The molecule has 0 atom stereocenters. The number of rotatable bonds is 4. The second-order valence-corrected chi connectivity index (χ2v) is 13.7. The highest BCUT2D eigenvalue weighted by Crippen LogP contribution is 2.51. The minimum atomic E-state index is -1.21. The minimum Gasteiger partial charge on any atom is -0.477 e. The summed E-state index contributed by atoms with van der Waals surface area (Å²) in [6.45, 7) is 4.60. The first-order valence-electron chi connectivity index (χ1n) is 15.3. The van der Waals surface area contributed by atoms with E-state index >= 15 is 0 Å². The molecule has 0 saturated heterocycles. The molecule has 8 aromatic rings. The molecule has 5 aromatic carbocycles. The van der Waals surface area contributed by atoms with Crippen LogP contribution in [0.4, 0.5) is 0 Å². The Labute approximate surface area is 269 Å². The molecule has 0 fully saturated rings. The molecule has 218 valence electrons. The van der Waals surface area contributed by atoms with Gasteiger partial charge in [-0.25, -0.2) is 4.79 Å². The van der Waals surface area contributed by atoms with E-state index in [1.807, 2.05) is 12.1 Å². The number of thiophene rings is 1. The molecule has 4 nitrogen and oxygen atoms in total. The molecular weight excluding hydrogens is 585 g/mol. The van der Waals surface area contributed by atoms with Gasteiger partial charge in [-0.2, -0.15) is 5.26 Å². The molecule has 5 heteroatoms. The lowest BCUT2D eigenvalue weighted by Gasteiger charge is -2.22. The normalized spacial score (nSPS) is 13.9. The second-order valence-electron chi connectivity index (χ2n) is 12.6. The summed E-state index contributed by atoms with van der Waals surface area (Å²) in [6.07, 6.45) is 1.44. The van der Waals surface area contributed by atoms with Crippen LogP contribution >= 0.6 is 11.3 Å². The van der Waals surface area contributed by atoms with Crippen molar-refractivity contribution in [1.82, 2.24) is 4.40 Å². The van der Waals surface area contributed by atoms with Gasteiger partial charge in [0.05, 0.1) is 16.6 Å². The fourth-order valence-electron chi connectivity index (χ4n) is 7.56. The third kappa shape index (κ3) is 3.62. The van der Waals surface area contributed by atoms with Crippen molar-refractivity contribution in [3.05, 3.63) is 131 Å². The van der Waals surface area contributed by atoms with Gasteiger partial charge in [0, 0.05) is 36.7 Å². The number of carbonyl (C=O) groups is 1. The van der Waals surface area contributed by atoms with Crippen molar-refractivity contribution in [2.45, 2.75) is 19.3 Å². The SMILES string of the molecule is CC1(C)c2cc(-c3cc4c5ccccc5n5c6ccccc6c(c3)c45)ccc2-c2ccc(-c3ccc(/C=C(\C#N)C(=O)O)s3)cc21. The van der Waals surface area contributed by atoms with Crippen molar-refractivity contribution in [2.75, 3.05) is 0 Å². The van der Waals surface area contributed by atoms with Gasteiger partial charge in [0.25, 0.3) is 0 Å². The Morgan fingerprint density at radius 2 is 1.33 bits per heavy atom. The molecule has 0 spiro atoms. The van der Waals surface area contributed by atoms with E-state index in [2.05, 4.69) is 115 Å². The van der Waals surface area contributed by atoms with Gasteiger partial charge in [-0.3, -0.25) is 0 Å². The smallest absolute Gasteiger partial charge is 0.346 e. The van der Waals surface area contributed by atoms with Gasteiger partial charge in [0.2, 0.25) is 0 Å². The molecule has 9 rings (SSSR count). The van der Waals surface area contributed by atoms with E-state index < -0.39 is 5.97 Å². The van der Waals surface area contributed by atoms with Gasteiger partial charge in [-0.05, 0) is 93.6 Å². The van der Waals surface area contributed by atoms with Crippen molar-refractivity contribution in [3.8, 4) is 38.8 Å². The summed E-state index contributed by atoms with van der Waals surface area (Å²) < 4.78 is 2.42. The number of hydrogen-bond donors (Lipinski definition) is 1. The highest BCUT2D eigenvalue weighted by atomic mass is 32.1. The van der Waals surface area contributed by atoms with Crippen LogP contribution in [-0.4, -0.2) is 15.5 Å². The Bertz CT molecular complexity index is 2580. The van der Waals surface area contributed by atoms with E-state index in [1.54, 1.807) is 6.07 Å². The number of para-hydroxylation sites is 2. The summed E-state index contributed by atoms with van der Waals surface area (Å²) in [5.74, 6) is -1.21. The van der Waals surface area contributed by atoms with Crippen molar-refractivity contribution in [2.24, 2.45) is 0 Å². The molecule has 3 aromatic heterocycles. The fraction of sp³-hybridized carbons (Fsp3) is 0.0732. The molecule has 1 aliphatic rings. The van der Waals surface area contributed by atoms with Gasteiger partial charge in [-0.15, -0.1) is 11.3 Å². The van der Waals surface area contributed by atoms with E-state index in [-0.39, 0.29) is 11.0 Å². The second kappa shape index (κ2) is 9.40. The van der Waals surface area contributed by atoms with Crippen LogP contribution in [0.15, 0.2) is 115 Å². The third-order valence-corrected chi connectivity index (χ3v) is 10.8. The summed E-state index contributed by atoms with van der Waals surface area (Å²) in [4.78, 5) is 13.1. The Morgan fingerprint density at radius 1 is 0.739 bits per heavy atom. The molecule has 0 amide bonds. The molecule has 1 aliphatic carbocycles. The maximum atomic E-state index is 11.3. The Kier molecular flexibility index (Phi) is 5.45. The number of carboxylic acid groups (broad SMARTS) is 1. The van der Waals surface area contributed by atoms with Crippen LogP contribution in [0.2, 0.25) is 0 Å². The monoisotopic (exact) mass is 610 g/mol. The van der Waals surface area contributed by atoms with E-state index in [0.717, 1.165) is 15.3 Å². The number of nitrogens with zero attached hydrogens (tertiary/aromatic N) is 2. The molecule has 3 heterocycles. The zero-order valence-corrected chi connectivity index (χ0v) is 25.9. The Balaban J connectivity index is 1.16. The third-order valence-electron chi connectivity index (χ3n) is 9.76. The molecule has 0 saturated carbocycles. The highest BCUT2D eigenvalue weighted by molar-refractivity contribution is 7.16. The number of aliphatic carboxylic acids is 1. The first kappa shape index (κ1) is 26.7. The molecule has 1 N–H and O–H groups in total. The Morgan fingerprint density at radius 3 is 1.93 bits per heavy atom. The average Bonchev–Trinajstić information content (AvgIpc) is 3.82. The van der Waals surface area contributed by atoms with Crippen LogP contribution in [0.25, 0.3) is 76.9 Å². The zero-order chi connectivity index (χ0) is 31.3. The van der Waals surface area contributed by atoms with Crippen molar-refractivity contribution >= 4 is 61.5 Å². The van der Waals surface area contributed by atoms with E-state index in [9.17, 15) is 15.2 Å². The predicted molar refractivity (Wildman–Crippen MR) is 189 cm³/mol. The number of aromatic nitrogens is 1. The maximum absolute atomic E-state index is 11.3. The van der Waals surface area contributed by atoms with Crippen LogP contribution in [-0.2, 0) is 10.2 Å². The molecular formula is C41H26N2O2S. The number of benzene rings is 5. The van der Waals surface area contributed by atoms with Crippen molar-refractivity contribution < 1.29 is 9.90 Å². The molecule has 0 bridgehead atoms. The number of hydrogen-bond acceptors (Lipinski definition) is 3. The summed E-state index contributed by atoms with van der Waals surface area (Å²) >= 11 is 1.49. The fourth-order valence-corrected chi connectivity index (χ4v) is 8.50. The van der Waals surface area contributed by atoms with Crippen LogP contribution in [0, 0.1) is 11.3 Å². The van der Waals surface area contributed by atoms with E-state index in [0.29, 0.717) is 0 Å². The predicted octanol–water partition coefficient (Wildman–Crippen LogP) is 10.5. The zero-order valence-electron chi connectivity index (χ0n) is 25.1. The summed E-state index contributed by atoms with van der Waals surface area (Å²) in [7, 11) is 0. The van der Waals surface area contributed by atoms with Crippen molar-refractivity contribution in [3.63, 3.8) is 0 Å². The quantitative estimate of drug-likeness (QED) is 0.159. The van der Waals surface area contributed by atoms with E-state index in [1.165, 1.54) is 88.9 Å². The van der Waals surface area contributed by atoms with Gasteiger partial charge in [0.1, 0.15) is 11.6 Å². The number of fused-ring (bicyclic) bond motifs is 9. The first-order valence-corrected chi connectivity index (χ1v) is 16.1. The lowest BCUT2D eigenvalue weighted by molar-refractivity contribution is -0.132. The van der Waals surface area contributed by atoms with Crippen LogP contribution in [0.3, 0.4) is 0 Å². The average molecular weight is 611 g/mol. The number of carboxylic acids is 1. The maximum Gasteiger partial charge on any atom is 0.346 e.